The Labute approximate surface area is 476 Å². The van der Waals surface area contributed by atoms with E-state index in [1.807, 2.05) is 0 Å². The molecule has 0 bridgehead atoms. The molecule has 0 atom stereocenters. The maximum absolute atomic E-state index is 6.69. The van der Waals surface area contributed by atoms with Gasteiger partial charge in [0.1, 0.15) is 11.2 Å². The number of para-hydroxylation sites is 5. The monoisotopic (exact) mass is 1060 g/mol. The number of rotatable bonds is 7. The first-order chi connectivity index (χ1) is 41.1. The van der Waals surface area contributed by atoms with Crippen LogP contribution in [0.5, 0.6) is 0 Å². The molecule has 0 aliphatic heterocycles. The minimum Gasteiger partial charge on any atom is -0.456 e. The van der Waals surface area contributed by atoms with E-state index in [1.165, 1.54) is 98.5 Å². The van der Waals surface area contributed by atoms with Gasteiger partial charge in [-0.15, -0.1) is 0 Å². The molecule has 83 heavy (non-hydrogen) atoms. The highest BCUT2D eigenvalue weighted by Crippen LogP contribution is 2.43. The van der Waals surface area contributed by atoms with Crippen molar-refractivity contribution in [1.82, 2.24) is 18.3 Å². The third-order valence-corrected chi connectivity index (χ3v) is 17.5. The number of nitrogens with zero attached hydrogens (tertiary/aromatic N) is 4. The van der Waals surface area contributed by atoms with Gasteiger partial charge in [0.25, 0.3) is 0 Å². The van der Waals surface area contributed by atoms with Crippen LogP contribution in [0, 0.1) is 0 Å². The Morgan fingerprint density at radius 2 is 0.458 bits per heavy atom. The van der Waals surface area contributed by atoms with Crippen molar-refractivity contribution >= 4 is 109 Å². The SMILES string of the molecule is c1ccc(-c2ccc3c(c2)c2cc(-c4cccc(-n5c6ccccc6c6ccccc65)c4)ccc2n3-c2ccc3oc4ccc(-n5c6ccccc6c6cc(-c7cccc(-n8c9ccccc9c9ccccc98)c7)ccc65)cc4c3c2)cc1. The molecular formula is C78H48N4O. The summed E-state index contributed by atoms with van der Waals surface area (Å²) in [6.45, 7) is 0. The van der Waals surface area contributed by atoms with E-state index < -0.39 is 0 Å². The molecule has 0 saturated carbocycles. The molecule has 5 aromatic heterocycles. The first-order valence-corrected chi connectivity index (χ1v) is 28.5. The maximum Gasteiger partial charge on any atom is 0.135 e. The van der Waals surface area contributed by atoms with Crippen molar-refractivity contribution in [3.8, 4) is 56.1 Å². The molecule has 13 aromatic carbocycles. The van der Waals surface area contributed by atoms with Crippen LogP contribution in [-0.4, -0.2) is 18.3 Å². The van der Waals surface area contributed by atoms with Crippen LogP contribution in [0.1, 0.15) is 0 Å². The van der Waals surface area contributed by atoms with Gasteiger partial charge >= 0.3 is 0 Å². The van der Waals surface area contributed by atoms with Crippen LogP contribution >= 0.6 is 0 Å². The predicted molar refractivity (Wildman–Crippen MR) is 347 cm³/mol. The van der Waals surface area contributed by atoms with Gasteiger partial charge in [0.15, 0.2) is 0 Å². The molecule has 0 amide bonds. The lowest BCUT2D eigenvalue weighted by molar-refractivity contribution is 0.669. The minimum atomic E-state index is 0.855. The average molecular weight is 1060 g/mol. The molecule has 0 fully saturated rings. The molecule has 0 radical (unpaired) electrons. The molecule has 0 aliphatic rings. The Bertz CT molecular complexity index is 5600. The summed E-state index contributed by atoms with van der Waals surface area (Å²) >= 11 is 0. The van der Waals surface area contributed by atoms with Crippen molar-refractivity contribution in [2.24, 2.45) is 0 Å². The minimum absolute atomic E-state index is 0.855. The van der Waals surface area contributed by atoms with Crippen molar-refractivity contribution in [1.29, 1.82) is 0 Å². The summed E-state index contributed by atoms with van der Waals surface area (Å²) in [5.74, 6) is 0. The fourth-order valence-corrected chi connectivity index (χ4v) is 13.8. The van der Waals surface area contributed by atoms with Crippen molar-refractivity contribution in [2.45, 2.75) is 0 Å². The number of hydrogen-bond acceptors (Lipinski definition) is 1. The second-order valence-electron chi connectivity index (χ2n) is 22.1. The Morgan fingerprint density at radius 3 is 0.855 bits per heavy atom. The van der Waals surface area contributed by atoms with Gasteiger partial charge in [-0.2, -0.15) is 0 Å². The second kappa shape index (κ2) is 17.7. The first kappa shape index (κ1) is 45.7. The van der Waals surface area contributed by atoms with Gasteiger partial charge in [0.05, 0.1) is 44.1 Å². The van der Waals surface area contributed by atoms with Crippen LogP contribution in [0.2, 0.25) is 0 Å². The summed E-state index contributed by atoms with van der Waals surface area (Å²) in [4.78, 5) is 0. The molecule has 0 saturated heterocycles. The van der Waals surface area contributed by atoms with Gasteiger partial charge in [-0.05, 0) is 161 Å². The van der Waals surface area contributed by atoms with Crippen LogP contribution in [0.3, 0.4) is 0 Å². The van der Waals surface area contributed by atoms with Crippen molar-refractivity contribution in [2.75, 3.05) is 0 Å². The van der Waals surface area contributed by atoms with Crippen molar-refractivity contribution in [3.63, 3.8) is 0 Å². The van der Waals surface area contributed by atoms with Gasteiger partial charge in [0.2, 0.25) is 0 Å². The fraction of sp³-hybridized carbons (Fsp3) is 0. The van der Waals surface area contributed by atoms with Gasteiger partial charge < -0.3 is 22.7 Å². The number of furan rings is 1. The van der Waals surface area contributed by atoms with E-state index in [4.69, 9.17) is 4.42 Å². The van der Waals surface area contributed by atoms with Crippen LogP contribution in [-0.2, 0) is 0 Å². The van der Waals surface area contributed by atoms with E-state index >= 15 is 0 Å². The molecule has 18 rings (SSSR count). The molecule has 18 aromatic rings. The Balaban J connectivity index is 0.762. The molecule has 0 spiro atoms. The fourth-order valence-electron chi connectivity index (χ4n) is 13.8. The normalized spacial score (nSPS) is 12.1. The van der Waals surface area contributed by atoms with E-state index in [9.17, 15) is 0 Å². The number of fused-ring (bicyclic) bond motifs is 15. The molecule has 0 unspecified atom stereocenters. The second-order valence-corrected chi connectivity index (χ2v) is 22.1. The molecular weight excluding hydrogens is 1010 g/mol. The Kier molecular flexibility index (Phi) is 9.73. The van der Waals surface area contributed by atoms with Gasteiger partial charge in [-0.3, -0.25) is 0 Å². The summed E-state index contributed by atoms with van der Waals surface area (Å²) in [7, 11) is 0. The zero-order valence-electron chi connectivity index (χ0n) is 44.9. The van der Waals surface area contributed by atoms with Crippen LogP contribution in [0.4, 0.5) is 0 Å². The van der Waals surface area contributed by atoms with Gasteiger partial charge in [-0.25, -0.2) is 0 Å². The quantitative estimate of drug-likeness (QED) is 0.157. The first-order valence-electron chi connectivity index (χ1n) is 28.5. The standard InChI is InChI=1S/C78H48N4O/c1-2-16-49(17-3-1)52-32-37-75-65(44-52)66-46-54(51-19-15-21-56(43-51)80-71-29-11-6-24-61(71)62-25-7-12-30-72(62)80)34-39-76(66)82(75)58-36-41-78-68(48-58)67-47-57(35-40-77(67)83-78)81-73-31-13-8-26-63(73)64-45-53(33-38-74(64)81)50-18-14-20-55(42-50)79-69-27-9-4-22-59(69)60-23-5-10-28-70(60)79/h1-48H. The highest BCUT2D eigenvalue weighted by Gasteiger charge is 2.21. The lowest BCUT2D eigenvalue weighted by Gasteiger charge is -2.11. The topological polar surface area (TPSA) is 32.9 Å². The van der Waals surface area contributed by atoms with Crippen LogP contribution in [0.15, 0.2) is 296 Å². The summed E-state index contributed by atoms with van der Waals surface area (Å²) in [5.41, 5.74) is 22.6. The van der Waals surface area contributed by atoms with Gasteiger partial charge in [-0.1, -0.05) is 164 Å². The van der Waals surface area contributed by atoms with E-state index in [0.29, 0.717) is 0 Å². The zero-order chi connectivity index (χ0) is 54.3. The molecule has 0 N–H and O–H groups in total. The molecule has 0 aliphatic carbocycles. The van der Waals surface area contributed by atoms with E-state index in [-0.39, 0.29) is 0 Å². The number of hydrogen-bond donors (Lipinski definition) is 0. The predicted octanol–water partition coefficient (Wildman–Crippen LogP) is 21.0. The van der Waals surface area contributed by atoms with Crippen LogP contribution < -0.4 is 0 Å². The van der Waals surface area contributed by atoms with Crippen LogP contribution in [0.25, 0.3) is 165 Å². The van der Waals surface area contributed by atoms with Crippen molar-refractivity contribution in [3.05, 3.63) is 291 Å². The zero-order valence-corrected chi connectivity index (χ0v) is 44.9. The highest BCUT2D eigenvalue weighted by atomic mass is 16.3. The summed E-state index contributed by atoms with van der Waals surface area (Å²) in [6, 6.07) is 107. The molecule has 5 heterocycles. The van der Waals surface area contributed by atoms with Crippen molar-refractivity contribution < 1.29 is 4.42 Å². The number of aromatic nitrogens is 4. The molecule has 5 nitrogen and oxygen atoms in total. The third-order valence-electron chi connectivity index (χ3n) is 17.5. The molecule has 5 heteroatoms. The van der Waals surface area contributed by atoms with E-state index in [2.05, 4.69) is 309 Å². The smallest absolute Gasteiger partial charge is 0.135 e. The summed E-state index contributed by atoms with van der Waals surface area (Å²) < 4.78 is 16.3. The lowest BCUT2D eigenvalue weighted by Crippen LogP contribution is -1.95. The largest absolute Gasteiger partial charge is 0.456 e. The van der Waals surface area contributed by atoms with E-state index in [1.54, 1.807) is 0 Å². The summed E-state index contributed by atoms with van der Waals surface area (Å²) in [6.07, 6.45) is 0. The van der Waals surface area contributed by atoms with E-state index in [0.717, 1.165) is 66.8 Å². The van der Waals surface area contributed by atoms with Gasteiger partial charge in [0, 0.05) is 76.6 Å². The molecule has 386 valence electrons. The third kappa shape index (κ3) is 6.89. The Hall–Kier alpha value is -11.1. The highest BCUT2D eigenvalue weighted by molar-refractivity contribution is 6.15. The summed E-state index contributed by atoms with van der Waals surface area (Å²) in [5, 5.41) is 12.0. The maximum atomic E-state index is 6.69. The number of benzene rings is 13. The lowest BCUT2D eigenvalue weighted by atomic mass is 10.00. The Morgan fingerprint density at radius 1 is 0.169 bits per heavy atom. The average Bonchev–Trinajstić information content (AvgIpc) is 4.34.